The van der Waals surface area contributed by atoms with E-state index < -0.39 is 10.0 Å². The van der Waals surface area contributed by atoms with Gasteiger partial charge in [-0.15, -0.1) is 0 Å². The number of rotatable bonds is 8. The summed E-state index contributed by atoms with van der Waals surface area (Å²) in [4.78, 5) is 0.0382. The molecule has 0 aliphatic rings. The van der Waals surface area contributed by atoms with Crippen molar-refractivity contribution in [2.24, 2.45) is 0 Å². The second-order valence-electron chi connectivity index (χ2n) is 5.03. The van der Waals surface area contributed by atoms with Crippen LogP contribution >= 0.6 is 0 Å². The minimum atomic E-state index is -3.76. The van der Waals surface area contributed by atoms with Gasteiger partial charge < -0.3 is 18.9 Å². The van der Waals surface area contributed by atoms with Gasteiger partial charge >= 0.3 is 0 Å². The Morgan fingerprint density at radius 2 is 1.48 bits per heavy atom. The Hall–Kier alpha value is -2.45. The van der Waals surface area contributed by atoms with Crippen LogP contribution in [0.15, 0.2) is 41.3 Å². The lowest BCUT2D eigenvalue weighted by Gasteiger charge is -2.13. The zero-order valence-electron chi connectivity index (χ0n) is 14.5. The molecule has 0 aromatic heterocycles. The van der Waals surface area contributed by atoms with Gasteiger partial charge in [0.15, 0.2) is 11.5 Å². The van der Waals surface area contributed by atoms with Gasteiger partial charge in [-0.25, -0.2) is 13.1 Å². The van der Waals surface area contributed by atoms with Gasteiger partial charge in [-0.3, -0.25) is 0 Å². The molecule has 2 aromatic carbocycles. The molecule has 7 nitrogen and oxygen atoms in total. The van der Waals surface area contributed by atoms with E-state index in [1.807, 2.05) is 0 Å². The van der Waals surface area contributed by atoms with Crippen molar-refractivity contribution < 1.29 is 27.4 Å². The molecule has 0 amide bonds. The standard InChI is InChI=1S/C17H21NO6S/c1-21-13-6-8-17(16(10-13)24-4)25(19,20)18-11-12-5-7-14(22-2)15(9-12)23-3/h5-10,18H,11H2,1-4H3. The fourth-order valence-electron chi connectivity index (χ4n) is 2.24. The lowest BCUT2D eigenvalue weighted by molar-refractivity contribution is 0.354. The SMILES string of the molecule is COc1ccc(S(=O)(=O)NCc2ccc(OC)c(OC)c2)c(OC)c1. The summed E-state index contributed by atoms with van der Waals surface area (Å²) >= 11 is 0. The Bertz CT molecular complexity index is 835. The van der Waals surface area contributed by atoms with Gasteiger partial charge in [0.2, 0.25) is 10.0 Å². The van der Waals surface area contributed by atoms with Crippen molar-refractivity contribution in [2.45, 2.75) is 11.4 Å². The number of hydrogen-bond donors (Lipinski definition) is 1. The minimum Gasteiger partial charge on any atom is -0.497 e. The highest BCUT2D eigenvalue weighted by Crippen LogP contribution is 2.29. The lowest BCUT2D eigenvalue weighted by Crippen LogP contribution is -2.23. The zero-order chi connectivity index (χ0) is 18.4. The number of hydrogen-bond acceptors (Lipinski definition) is 6. The van der Waals surface area contributed by atoms with Gasteiger partial charge in [-0.05, 0) is 29.8 Å². The molecule has 0 aliphatic heterocycles. The summed E-state index contributed by atoms with van der Waals surface area (Å²) in [6.45, 7) is 0.0951. The van der Waals surface area contributed by atoms with Crippen molar-refractivity contribution in [3.8, 4) is 23.0 Å². The van der Waals surface area contributed by atoms with Crippen LogP contribution in [-0.4, -0.2) is 36.9 Å². The Morgan fingerprint density at radius 3 is 2.08 bits per heavy atom. The molecule has 8 heteroatoms. The molecule has 0 saturated carbocycles. The molecule has 0 aliphatic carbocycles. The summed E-state index contributed by atoms with van der Waals surface area (Å²) in [5.74, 6) is 1.82. The maximum absolute atomic E-state index is 12.6. The zero-order valence-corrected chi connectivity index (χ0v) is 15.3. The van der Waals surface area contributed by atoms with Crippen molar-refractivity contribution in [2.75, 3.05) is 28.4 Å². The Labute approximate surface area is 147 Å². The smallest absolute Gasteiger partial charge is 0.244 e. The Morgan fingerprint density at radius 1 is 0.800 bits per heavy atom. The third-order valence-electron chi connectivity index (χ3n) is 3.57. The van der Waals surface area contributed by atoms with Gasteiger partial charge in [0, 0.05) is 12.6 Å². The van der Waals surface area contributed by atoms with Crippen LogP contribution in [0.2, 0.25) is 0 Å². The largest absolute Gasteiger partial charge is 0.497 e. The molecule has 2 rings (SSSR count). The van der Waals surface area contributed by atoms with Gasteiger partial charge in [0.05, 0.1) is 28.4 Å². The Balaban J connectivity index is 2.22. The second kappa shape index (κ2) is 8.09. The number of benzene rings is 2. The van der Waals surface area contributed by atoms with Crippen molar-refractivity contribution in [1.82, 2.24) is 4.72 Å². The third kappa shape index (κ3) is 4.34. The van der Waals surface area contributed by atoms with E-state index in [2.05, 4.69) is 4.72 Å². The van der Waals surface area contributed by atoms with Crippen LogP contribution < -0.4 is 23.7 Å². The first kappa shape index (κ1) is 18.9. The molecule has 0 heterocycles. The highest BCUT2D eigenvalue weighted by Gasteiger charge is 2.20. The van der Waals surface area contributed by atoms with Gasteiger partial charge in [0.25, 0.3) is 0 Å². The van der Waals surface area contributed by atoms with Gasteiger partial charge in [0.1, 0.15) is 16.4 Å². The van der Waals surface area contributed by atoms with E-state index in [0.29, 0.717) is 17.2 Å². The highest BCUT2D eigenvalue weighted by atomic mass is 32.2. The van der Waals surface area contributed by atoms with Crippen LogP contribution in [-0.2, 0) is 16.6 Å². The number of methoxy groups -OCH3 is 4. The summed E-state index contributed by atoms with van der Waals surface area (Å²) in [5, 5.41) is 0. The van der Waals surface area contributed by atoms with Crippen molar-refractivity contribution >= 4 is 10.0 Å². The molecule has 0 fully saturated rings. The summed E-state index contributed by atoms with van der Waals surface area (Å²) in [5.41, 5.74) is 0.730. The molecule has 0 saturated heterocycles. The van der Waals surface area contributed by atoms with Crippen molar-refractivity contribution in [3.05, 3.63) is 42.0 Å². The predicted molar refractivity (Wildman–Crippen MR) is 93.1 cm³/mol. The molecule has 2 aromatic rings. The maximum atomic E-state index is 12.6. The lowest BCUT2D eigenvalue weighted by atomic mass is 10.2. The minimum absolute atomic E-state index is 0.0382. The molecule has 0 atom stereocenters. The topological polar surface area (TPSA) is 83.1 Å². The third-order valence-corrected chi connectivity index (χ3v) is 5.02. The molecule has 0 bridgehead atoms. The average Bonchev–Trinajstić information content (AvgIpc) is 2.65. The molecule has 0 spiro atoms. The van der Waals surface area contributed by atoms with E-state index in [1.54, 1.807) is 24.3 Å². The van der Waals surface area contributed by atoms with Crippen LogP contribution in [0.4, 0.5) is 0 Å². The molecular weight excluding hydrogens is 346 g/mol. The van der Waals surface area contributed by atoms with Crippen molar-refractivity contribution in [1.29, 1.82) is 0 Å². The Kier molecular flexibility index (Phi) is 6.11. The first-order chi connectivity index (χ1) is 11.9. The molecule has 1 N–H and O–H groups in total. The maximum Gasteiger partial charge on any atom is 0.244 e. The van der Waals surface area contributed by atoms with Crippen molar-refractivity contribution in [3.63, 3.8) is 0 Å². The fraction of sp³-hybridized carbons (Fsp3) is 0.294. The van der Waals surface area contributed by atoms with Crippen LogP contribution in [0.5, 0.6) is 23.0 Å². The van der Waals surface area contributed by atoms with E-state index in [-0.39, 0.29) is 17.2 Å². The molecular formula is C17H21NO6S. The normalized spacial score (nSPS) is 11.0. The van der Waals surface area contributed by atoms with E-state index in [0.717, 1.165) is 5.56 Å². The molecule has 25 heavy (non-hydrogen) atoms. The molecule has 136 valence electrons. The van der Waals surface area contributed by atoms with Gasteiger partial charge in [-0.2, -0.15) is 0 Å². The molecule has 0 radical (unpaired) electrons. The first-order valence-electron chi connectivity index (χ1n) is 7.37. The van der Waals surface area contributed by atoms with Crippen LogP contribution in [0, 0.1) is 0 Å². The average molecular weight is 367 g/mol. The monoisotopic (exact) mass is 367 g/mol. The summed E-state index contributed by atoms with van der Waals surface area (Å²) < 4.78 is 48.3. The number of nitrogens with one attached hydrogen (secondary N) is 1. The van der Waals surface area contributed by atoms with E-state index in [9.17, 15) is 8.42 Å². The summed E-state index contributed by atoms with van der Waals surface area (Å²) in [7, 11) is 2.20. The first-order valence-corrected chi connectivity index (χ1v) is 8.86. The number of sulfonamides is 1. The van der Waals surface area contributed by atoms with Crippen LogP contribution in [0.3, 0.4) is 0 Å². The quantitative estimate of drug-likeness (QED) is 0.770. The van der Waals surface area contributed by atoms with E-state index in [1.165, 1.54) is 40.6 Å². The molecule has 0 unspecified atom stereocenters. The van der Waals surface area contributed by atoms with Crippen LogP contribution in [0.25, 0.3) is 0 Å². The van der Waals surface area contributed by atoms with Crippen LogP contribution in [0.1, 0.15) is 5.56 Å². The summed E-state index contributed by atoms with van der Waals surface area (Å²) in [6.07, 6.45) is 0. The van der Waals surface area contributed by atoms with Gasteiger partial charge in [-0.1, -0.05) is 6.07 Å². The van der Waals surface area contributed by atoms with E-state index >= 15 is 0 Å². The second-order valence-corrected chi connectivity index (χ2v) is 6.77. The summed E-state index contributed by atoms with van der Waals surface area (Å²) in [6, 6.07) is 9.71. The predicted octanol–water partition coefficient (Wildman–Crippen LogP) is 2.20. The number of ether oxygens (including phenoxy) is 4. The fourth-order valence-corrected chi connectivity index (χ4v) is 3.41. The highest BCUT2D eigenvalue weighted by molar-refractivity contribution is 7.89. The van der Waals surface area contributed by atoms with E-state index in [4.69, 9.17) is 18.9 Å².